The Morgan fingerprint density at radius 2 is 1.50 bits per heavy atom. The van der Waals surface area contributed by atoms with Crippen molar-refractivity contribution < 1.29 is 36.2 Å². The van der Waals surface area contributed by atoms with E-state index >= 15 is 0 Å². The summed E-state index contributed by atoms with van der Waals surface area (Å²) in [7, 11) is 0. The number of benzene rings is 2. The van der Waals surface area contributed by atoms with E-state index in [4.69, 9.17) is 9.47 Å². The number of hydrogen-bond acceptors (Lipinski definition) is 7. The van der Waals surface area contributed by atoms with Crippen LogP contribution in [0.5, 0.6) is 11.5 Å². The molecule has 0 aliphatic carbocycles. The first-order chi connectivity index (χ1) is 19.4. The third kappa shape index (κ3) is 9.61. The number of aryl methyl sites for hydroxylation is 1. The maximum absolute atomic E-state index is 14.2. The molecule has 0 bridgehead atoms. The van der Waals surface area contributed by atoms with Gasteiger partial charge in [-0.1, -0.05) is 0 Å². The number of hydrogen-bond donors (Lipinski definition) is 1. The molecular formula is C27H27Br2F5N4O4. The maximum atomic E-state index is 14.2. The average molecular weight is 726 g/mol. The van der Waals surface area contributed by atoms with Crippen LogP contribution in [0.15, 0.2) is 49.3 Å². The number of Topliss-reactive ketones (excluding diaryl/α,β-unsaturated/α-hetero) is 1. The van der Waals surface area contributed by atoms with E-state index in [1.807, 2.05) is 19.3 Å². The lowest BCUT2D eigenvalue weighted by Gasteiger charge is -2.14. The van der Waals surface area contributed by atoms with Crippen molar-refractivity contribution in [1.29, 1.82) is 0 Å². The number of carbonyl (C=O) groups is 1. The van der Waals surface area contributed by atoms with Gasteiger partial charge in [0.15, 0.2) is 0 Å². The number of anilines is 1. The normalized spacial score (nSPS) is 11.5. The Hall–Kier alpha value is -3.33. The number of nitrogens with one attached hydrogen (secondary N) is 1. The molecule has 0 aliphatic heterocycles. The van der Waals surface area contributed by atoms with Crippen LogP contribution in [0.3, 0.4) is 0 Å². The van der Waals surface area contributed by atoms with Gasteiger partial charge in [-0.15, -0.1) is 0 Å². The van der Waals surface area contributed by atoms with Crippen molar-refractivity contribution >= 4 is 49.5 Å². The Balaban J connectivity index is 0.000000293. The number of ketones is 1. The van der Waals surface area contributed by atoms with E-state index in [-0.39, 0.29) is 41.1 Å². The van der Waals surface area contributed by atoms with Gasteiger partial charge in [0.2, 0.25) is 0 Å². The van der Waals surface area contributed by atoms with E-state index in [1.54, 1.807) is 33.9 Å². The number of rotatable bonds is 8. The number of nitrogens with zero attached hydrogens (tertiary/aromatic N) is 3. The second-order valence-corrected chi connectivity index (χ2v) is 10.9. The summed E-state index contributed by atoms with van der Waals surface area (Å²) in [4.78, 5) is 22.8. The van der Waals surface area contributed by atoms with Crippen molar-refractivity contribution in [3.8, 4) is 17.2 Å². The SMILES string of the molecule is CC(C)Oc1cc(N/N=C/C(=O)C(F)(F)F)c(F)cc1Br.Cc1cnn(-c2cc(OC(C)C)c(Br)cc2F)c(=O)c1C. The highest BCUT2D eigenvalue weighted by molar-refractivity contribution is 9.10. The minimum atomic E-state index is -5.02. The lowest BCUT2D eigenvalue weighted by atomic mass is 10.2. The van der Waals surface area contributed by atoms with Crippen molar-refractivity contribution in [2.24, 2.45) is 5.10 Å². The molecule has 15 heteroatoms. The molecular weight excluding hydrogens is 699 g/mol. The zero-order valence-electron chi connectivity index (χ0n) is 23.2. The molecule has 2 aromatic carbocycles. The van der Waals surface area contributed by atoms with E-state index in [0.717, 1.165) is 16.3 Å². The molecule has 0 saturated carbocycles. The fourth-order valence-electron chi connectivity index (χ4n) is 3.01. The van der Waals surface area contributed by atoms with Crippen LogP contribution in [0.4, 0.5) is 27.6 Å². The molecule has 42 heavy (non-hydrogen) atoms. The summed E-state index contributed by atoms with van der Waals surface area (Å²) in [6.45, 7) is 10.7. The van der Waals surface area contributed by atoms with Gasteiger partial charge < -0.3 is 9.47 Å². The van der Waals surface area contributed by atoms with Crippen LogP contribution in [0.2, 0.25) is 0 Å². The maximum Gasteiger partial charge on any atom is 0.455 e. The van der Waals surface area contributed by atoms with Gasteiger partial charge in [-0.2, -0.15) is 28.1 Å². The summed E-state index contributed by atoms with van der Waals surface area (Å²) in [5, 5.41) is 7.08. The first-order valence-electron chi connectivity index (χ1n) is 12.2. The van der Waals surface area contributed by atoms with Gasteiger partial charge in [0.25, 0.3) is 11.3 Å². The lowest BCUT2D eigenvalue weighted by Crippen LogP contribution is -2.25. The van der Waals surface area contributed by atoms with Crippen LogP contribution < -0.4 is 20.5 Å². The summed E-state index contributed by atoms with van der Waals surface area (Å²) in [5.74, 6) is -2.71. The molecule has 0 amide bonds. The molecule has 0 radical (unpaired) electrons. The predicted molar refractivity (Wildman–Crippen MR) is 156 cm³/mol. The standard InChI is InChI=1S/C15H16BrFN2O2.C12H11BrF4N2O2/c1-8(2)21-14-6-13(12(17)5-11(14)16)19-15(20)10(4)9(3)7-18-19;1-6(2)21-10-4-9(8(14)3-7(10)13)19-18-5-11(20)12(15,16)17/h5-8H,1-4H3;3-6,19H,1-2H3/b;18-5+. The van der Waals surface area contributed by atoms with Crippen LogP contribution in [0.1, 0.15) is 38.8 Å². The van der Waals surface area contributed by atoms with Crippen LogP contribution >= 0.6 is 31.9 Å². The van der Waals surface area contributed by atoms with E-state index in [9.17, 15) is 31.5 Å². The van der Waals surface area contributed by atoms with Gasteiger partial charge in [-0.25, -0.2) is 8.78 Å². The van der Waals surface area contributed by atoms with Gasteiger partial charge in [-0.05, 0) is 91.1 Å². The van der Waals surface area contributed by atoms with Crippen molar-refractivity contribution in [2.75, 3.05) is 5.43 Å². The van der Waals surface area contributed by atoms with Crippen molar-refractivity contribution in [3.63, 3.8) is 0 Å². The summed E-state index contributed by atoms with van der Waals surface area (Å²) >= 11 is 6.35. The number of ether oxygens (including phenoxy) is 2. The predicted octanol–water partition coefficient (Wildman–Crippen LogP) is 7.44. The fourth-order valence-corrected chi connectivity index (χ4v) is 3.83. The van der Waals surface area contributed by atoms with Crippen LogP contribution in [0.25, 0.3) is 5.69 Å². The topological polar surface area (TPSA) is 94.8 Å². The van der Waals surface area contributed by atoms with E-state index in [0.29, 0.717) is 20.3 Å². The summed E-state index contributed by atoms with van der Waals surface area (Å²) in [5.41, 5.74) is 2.85. The summed E-state index contributed by atoms with van der Waals surface area (Å²) in [6, 6.07) is 5.04. The smallest absolute Gasteiger partial charge is 0.455 e. The highest BCUT2D eigenvalue weighted by atomic mass is 79.9. The minimum Gasteiger partial charge on any atom is -0.490 e. The highest BCUT2D eigenvalue weighted by Gasteiger charge is 2.36. The van der Waals surface area contributed by atoms with Crippen molar-refractivity contribution in [2.45, 2.75) is 59.9 Å². The molecule has 1 N–H and O–H groups in total. The number of halogens is 7. The number of hydrazone groups is 1. The number of carbonyl (C=O) groups excluding carboxylic acids is 1. The van der Waals surface area contributed by atoms with Gasteiger partial charge in [0, 0.05) is 17.7 Å². The molecule has 0 spiro atoms. The average Bonchev–Trinajstić information content (AvgIpc) is 2.86. The monoisotopic (exact) mass is 724 g/mol. The van der Waals surface area contributed by atoms with Crippen LogP contribution in [0, 0.1) is 25.5 Å². The van der Waals surface area contributed by atoms with Crippen molar-refractivity contribution in [1.82, 2.24) is 9.78 Å². The fraction of sp³-hybridized carbons (Fsp3) is 0.333. The van der Waals surface area contributed by atoms with Gasteiger partial charge in [0.1, 0.15) is 28.8 Å². The minimum absolute atomic E-state index is 0.0322. The van der Waals surface area contributed by atoms with E-state index in [1.165, 1.54) is 18.2 Å². The molecule has 1 aromatic heterocycles. The number of alkyl halides is 3. The molecule has 1 heterocycles. The highest BCUT2D eigenvalue weighted by Crippen LogP contribution is 2.32. The second kappa shape index (κ2) is 14.7. The first kappa shape index (κ1) is 34.9. The molecule has 228 valence electrons. The lowest BCUT2D eigenvalue weighted by molar-refractivity contribution is -0.162. The van der Waals surface area contributed by atoms with Gasteiger partial charge >= 0.3 is 6.18 Å². The first-order valence-corrected chi connectivity index (χ1v) is 13.8. The molecule has 3 rings (SSSR count). The van der Waals surface area contributed by atoms with Crippen molar-refractivity contribution in [3.05, 3.63) is 72.5 Å². The molecule has 8 nitrogen and oxygen atoms in total. The Kier molecular flexibility index (Phi) is 12.2. The Labute approximate surface area is 255 Å². The third-order valence-corrected chi connectivity index (χ3v) is 6.33. The molecule has 0 atom stereocenters. The quantitative estimate of drug-likeness (QED) is 0.147. The number of aromatic nitrogens is 2. The largest absolute Gasteiger partial charge is 0.490 e. The zero-order chi connectivity index (χ0) is 31.9. The second-order valence-electron chi connectivity index (χ2n) is 9.23. The van der Waals surface area contributed by atoms with Gasteiger partial charge in [0.05, 0.1) is 39.3 Å². The molecule has 0 aliphatic rings. The van der Waals surface area contributed by atoms with E-state index in [2.05, 4.69) is 42.1 Å². The summed E-state index contributed by atoms with van der Waals surface area (Å²) < 4.78 is 76.5. The van der Waals surface area contributed by atoms with Crippen LogP contribution in [-0.4, -0.2) is 40.2 Å². The van der Waals surface area contributed by atoms with Gasteiger partial charge in [-0.3, -0.25) is 15.0 Å². The zero-order valence-corrected chi connectivity index (χ0v) is 26.4. The Bertz CT molecular complexity index is 1530. The van der Waals surface area contributed by atoms with Crippen LogP contribution in [-0.2, 0) is 4.79 Å². The Morgan fingerprint density at radius 3 is 2.02 bits per heavy atom. The summed E-state index contributed by atoms with van der Waals surface area (Å²) in [6.07, 6.45) is -3.69. The molecule has 0 unspecified atom stereocenters. The Morgan fingerprint density at radius 1 is 0.976 bits per heavy atom. The van der Waals surface area contributed by atoms with E-state index < -0.39 is 23.6 Å². The molecule has 0 saturated heterocycles. The molecule has 3 aromatic rings. The molecule has 0 fully saturated rings. The third-order valence-electron chi connectivity index (χ3n) is 5.09.